The fourth-order valence-electron chi connectivity index (χ4n) is 4.72. The van der Waals surface area contributed by atoms with E-state index in [1.165, 1.54) is 6.08 Å². The Bertz CT molecular complexity index is 1470. The van der Waals surface area contributed by atoms with Gasteiger partial charge in [0.05, 0.1) is 13.0 Å². The van der Waals surface area contributed by atoms with Crippen molar-refractivity contribution in [2.45, 2.75) is 43.5 Å². The SMILES string of the molecule is C=CCOC(=O)OC[C@H]1O[C@@H](OCCc2ccc(OCC=C)c(OCC=C)c2)[C@H](O)[C@@H](O)[C@@H]1OC(=O)Cc1ccc(OCC=C)c(OCC=C)c1. The summed E-state index contributed by atoms with van der Waals surface area (Å²) < 4.78 is 50.0. The van der Waals surface area contributed by atoms with E-state index in [1.807, 2.05) is 6.07 Å². The summed E-state index contributed by atoms with van der Waals surface area (Å²) in [5, 5.41) is 22.1. The smallest absolute Gasteiger partial charge is 0.486 e. The molecule has 0 radical (unpaired) electrons. The summed E-state index contributed by atoms with van der Waals surface area (Å²) in [7, 11) is 0. The van der Waals surface area contributed by atoms with Gasteiger partial charge in [-0.25, -0.2) is 4.79 Å². The molecule has 13 heteroatoms. The van der Waals surface area contributed by atoms with E-state index in [2.05, 4.69) is 32.9 Å². The van der Waals surface area contributed by atoms with Crippen molar-refractivity contribution >= 4 is 12.1 Å². The predicted molar refractivity (Wildman–Crippen MR) is 187 cm³/mol. The maximum atomic E-state index is 13.1. The number of hydrogen-bond acceptors (Lipinski definition) is 13. The Morgan fingerprint density at radius 2 is 1.22 bits per heavy atom. The molecule has 51 heavy (non-hydrogen) atoms. The van der Waals surface area contributed by atoms with Crippen LogP contribution in [-0.4, -0.2) is 99.3 Å². The third-order valence-electron chi connectivity index (χ3n) is 7.06. The molecule has 0 aliphatic carbocycles. The van der Waals surface area contributed by atoms with Gasteiger partial charge < -0.3 is 52.8 Å². The molecule has 2 N–H and O–H groups in total. The number of benzene rings is 2. The van der Waals surface area contributed by atoms with Crippen molar-refractivity contribution in [1.29, 1.82) is 0 Å². The average molecular weight is 711 g/mol. The fraction of sp³-hybridized carbons (Fsp3) is 0.368. The quantitative estimate of drug-likeness (QED) is 0.123. The van der Waals surface area contributed by atoms with E-state index in [9.17, 15) is 19.8 Å². The summed E-state index contributed by atoms with van der Waals surface area (Å²) in [5.41, 5.74) is 1.33. The first-order valence-electron chi connectivity index (χ1n) is 16.2. The number of esters is 1. The lowest BCUT2D eigenvalue weighted by atomic mass is 9.98. The Kier molecular flexibility index (Phi) is 17.3. The van der Waals surface area contributed by atoms with Gasteiger partial charge in [-0.1, -0.05) is 75.4 Å². The molecular formula is C38H46O13. The third-order valence-corrected chi connectivity index (χ3v) is 7.06. The predicted octanol–water partition coefficient (Wildman–Crippen LogP) is 4.45. The number of rotatable bonds is 23. The van der Waals surface area contributed by atoms with E-state index >= 15 is 0 Å². The van der Waals surface area contributed by atoms with E-state index in [-0.39, 0.29) is 39.5 Å². The van der Waals surface area contributed by atoms with Crippen molar-refractivity contribution in [3.8, 4) is 23.0 Å². The summed E-state index contributed by atoms with van der Waals surface area (Å²) in [6, 6.07) is 10.3. The number of carbonyl (C=O) groups excluding carboxylic acids is 2. The van der Waals surface area contributed by atoms with Crippen molar-refractivity contribution in [3.63, 3.8) is 0 Å². The maximum Gasteiger partial charge on any atom is 0.508 e. The van der Waals surface area contributed by atoms with E-state index in [4.69, 9.17) is 42.6 Å². The van der Waals surface area contributed by atoms with Crippen LogP contribution < -0.4 is 18.9 Å². The van der Waals surface area contributed by atoms with Crippen molar-refractivity contribution in [1.82, 2.24) is 0 Å². The second kappa shape index (κ2) is 21.9. The largest absolute Gasteiger partial charge is 0.508 e. The topological polar surface area (TPSA) is 158 Å². The minimum absolute atomic E-state index is 0.0460. The van der Waals surface area contributed by atoms with Crippen LogP contribution in [0.4, 0.5) is 4.79 Å². The summed E-state index contributed by atoms with van der Waals surface area (Å²) in [4.78, 5) is 25.2. The molecule has 1 heterocycles. The summed E-state index contributed by atoms with van der Waals surface area (Å²) in [6.07, 6.45) is -0.546. The van der Waals surface area contributed by atoms with Crippen molar-refractivity contribution in [3.05, 3.63) is 111 Å². The molecule has 0 amide bonds. The highest BCUT2D eigenvalue weighted by atomic mass is 16.7. The highest BCUT2D eigenvalue weighted by Gasteiger charge is 2.48. The molecule has 5 atom stereocenters. The Balaban J connectivity index is 1.71. The van der Waals surface area contributed by atoms with Crippen LogP contribution in [0.5, 0.6) is 23.0 Å². The summed E-state index contributed by atoms with van der Waals surface area (Å²) in [6.45, 7) is 18.5. The van der Waals surface area contributed by atoms with E-state index in [1.54, 1.807) is 54.6 Å². The Hall–Kier alpha value is -5.08. The van der Waals surface area contributed by atoms with Gasteiger partial charge in [-0.2, -0.15) is 0 Å². The number of hydrogen-bond donors (Lipinski definition) is 2. The number of aliphatic hydroxyl groups is 2. The van der Waals surface area contributed by atoms with Crippen LogP contribution in [0.2, 0.25) is 0 Å². The summed E-state index contributed by atoms with van der Waals surface area (Å²) >= 11 is 0. The second-order valence-electron chi connectivity index (χ2n) is 10.9. The number of ether oxygens (including phenoxy) is 9. The lowest BCUT2D eigenvalue weighted by Gasteiger charge is -2.41. The van der Waals surface area contributed by atoms with Crippen LogP contribution in [-0.2, 0) is 41.3 Å². The molecule has 0 saturated carbocycles. The van der Waals surface area contributed by atoms with Crippen LogP contribution in [0, 0.1) is 0 Å². The first-order chi connectivity index (χ1) is 24.7. The van der Waals surface area contributed by atoms with Gasteiger partial charge in [0.2, 0.25) is 0 Å². The normalized spacial score (nSPS) is 19.5. The molecule has 276 valence electrons. The molecule has 13 nitrogen and oxygen atoms in total. The minimum atomic E-state index is -1.67. The molecule has 2 aromatic carbocycles. The zero-order valence-corrected chi connectivity index (χ0v) is 28.5. The van der Waals surface area contributed by atoms with Crippen molar-refractivity contribution in [2.24, 2.45) is 0 Å². The van der Waals surface area contributed by atoms with Gasteiger partial charge in [-0.15, -0.1) is 0 Å². The van der Waals surface area contributed by atoms with E-state index < -0.39 is 49.4 Å². The van der Waals surface area contributed by atoms with Gasteiger partial charge in [0.1, 0.15) is 58.0 Å². The molecule has 1 fully saturated rings. The lowest BCUT2D eigenvalue weighted by molar-refractivity contribution is -0.303. The Morgan fingerprint density at radius 3 is 1.78 bits per heavy atom. The highest BCUT2D eigenvalue weighted by Crippen LogP contribution is 2.31. The van der Waals surface area contributed by atoms with Gasteiger partial charge in [0.25, 0.3) is 0 Å². The number of aliphatic hydroxyl groups excluding tert-OH is 2. The van der Waals surface area contributed by atoms with Crippen LogP contribution in [0.1, 0.15) is 11.1 Å². The first kappa shape index (κ1) is 40.4. The van der Waals surface area contributed by atoms with E-state index in [0.29, 0.717) is 41.6 Å². The van der Waals surface area contributed by atoms with Gasteiger partial charge in [0, 0.05) is 0 Å². The zero-order chi connectivity index (χ0) is 37.0. The third kappa shape index (κ3) is 13.0. The standard InChI is InChI=1S/C38H46O13/c1-6-16-43-28-13-11-26(22-30(28)45-18-8-3)15-21-47-37-35(41)34(40)36(32(50-37)25-49-38(42)48-20-10-5)51-33(39)24-27-12-14-29(44-17-7-2)31(23-27)46-19-9-4/h6-14,22-23,32,34-37,40-41H,1-5,15-21,24-25H2/t32-,34-,35-,36-,37-/m1/s1. The van der Waals surface area contributed by atoms with Gasteiger partial charge in [-0.05, 0) is 41.8 Å². The molecule has 1 saturated heterocycles. The van der Waals surface area contributed by atoms with E-state index in [0.717, 1.165) is 5.56 Å². The monoisotopic (exact) mass is 710 g/mol. The molecule has 0 aromatic heterocycles. The Morgan fingerprint density at radius 1 is 0.686 bits per heavy atom. The van der Waals surface area contributed by atoms with Crippen LogP contribution in [0.25, 0.3) is 0 Å². The lowest BCUT2D eigenvalue weighted by Crippen LogP contribution is -2.60. The molecule has 1 aliphatic rings. The molecular weight excluding hydrogens is 664 g/mol. The fourth-order valence-corrected chi connectivity index (χ4v) is 4.72. The summed E-state index contributed by atoms with van der Waals surface area (Å²) in [5.74, 6) is 1.08. The van der Waals surface area contributed by atoms with Crippen LogP contribution in [0.15, 0.2) is 99.7 Å². The molecule has 0 bridgehead atoms. The first-order valence-corrected chi connectivity index (χ1v) is 16.2. The number of carbonyl (C=O) groups is 2. The van der Waals surface area contributed by atoms with Crippen molar-refractivity contribution < 1.29 is 62.4 Å². The van der Waals surface area contributed by atoms with Crippen molar-refractivity contribution in [2.75, 3.05) is 46.2 Å². The minimum Gasteiger partial charge on any atom is -0.486 e. The Labute approximate surface area is 297 Å². The second-order valence-corrected chi connectivity index (χ2v) is 10.9. The van der Waals surface area contributed by atoms with Gasteiger partial charge in [-0.3, -0.25) is 4.79 Å². The molecule has 0 spiro atoms. The van der Waals surface area contributed by atoms with Gasteiger partial charge >= 0.3 is 12.1 Å². The zero-order valence-electron chi connectivity index (χ0n) is 28.5. The molecule has 2 aromatic rings. The molecule has 3 rings (SSSR count). The molecule has 0 unspecified atom stereocenters. The highest BCUT2D eigenvalue weighted by molar-refractivity contribution is 5.73. The average Bonchev–Trinajstić information content (AvgIpc) is 3.13. The van der Waals surface area contributed by atoms with Gasteiger partial charge in [0.15, 0.2) is 35.4 Å². The molecule has 1 aliphatic heterocycles. The maximum absolute atomic E-state index is 13.1. The van der Waals surface area contributed by atoms with Crippen LogP contribution >= 0.6 is 0 Å². The van der Waals surface area contributed by atoms with Crippen LogP contribution in [0.3, 0.4) is 0 Å².